The molecule has 0 spiro atoms. The number of aryl methyl sites for hydroxylation is 1. The lowest BCUT2D eigenvalue weighted by atomic mass is 10.0. The SMILES string of the molecule is C1=Cc2c[pH]cc2CC1. The zero-order chi connectivity index (χ0) is 6.10. The molecule has 0 nitrogen and oxygen atoms in total. The molecule has 0 radical (unpaired) electrons. The van der Waals surface area contributed by atoms with Crippen molar-refractivity contribution in [2.75, 3.05) is 0 Å². The van der Waals surface area contributed by atoms with E-state index in [1.54, 1.807) is 5.56 Å². The van der Waals surface area contributed by atoms with Crippen molar-refractivity contribution in [3.05, 3.63) is 28.8 Å². The molecule has 0 aromatic carbocycles. The van der Waals surface area contributed by atoms with Gasteiger partial charge in [-0.3, -0.25) is 0 Å². The zero-order valence-corrected chi connectivity index (χ0v) is 6.22. The molecular formula is C8H9P. The quantitative estimate of drug-likeness (QED) is 0.514. The van der Waals surface area contributed by atoms with Gasteiger partial charge in [0.15, 0.2) is 0 Å². The van der Waals surface area contributed by atoms with E-state index < -0.39 is 0 Å². The van der Waals surface area contributed by atoms with Crippen molar-refractivity contribution in [2.45, 2.75) is 12.8 Å². The lowest BCUT2D eigenvalue weighted by Crippen LogP contribution is -1.87. The lowest BCUT2D eigenvalue weighted by molar-refractivity contribution is 0.994. The maximum atomic E-state index is 2.36. The van der Waals surface area contributed by atoms with Crippen LogP contribution in [0.5, 0.6) is 0 Å². The summed E-state index contributed by atoms with van der Waals surface area (Å²) in [5.41, 5.74) is 3.07. The molecular weight excluding hydrogens is 127 g/mol. The maximum absolute atomic E-state index is 2.36. The number of hydrogen-bond donors (Lipinski definition) is 0. The molecule has 0 saturated carbocycles. The van der Waals surface area contributed by atoms with Gasteiger partial charge in [-0.1, -0.05) is 12.2 Å². The topological polar surface area (TPSA) is 0 Å². The van der Waals surface area contributed by atoms with Crippen LogP contribution in [-0.4, -0.2) is 0 Å². The summed E-state index contributed by atoms with van der Waals surface area (Å²) < 4.78 is 0. The van der Waals surface area contributed by atoms with Crippen molar-refractivity contribution in [3.63, 3.8) is 0 Å². The van der Waals surface area contributed by atoms with Crippen molar-refractivity contribution in [1.29, 1.82) is 0 Å². The Balaban J connectivity index is 2.53. The van der Waals surface area contributed by atoms with E-state index in [0.29, 0.717) is 0 Å². The molecule has 1 aromatic heterocycles. The first-order chi connectivity index (χ1) is 4.47. The second kappa shape index (κ2) is 2.04. The van der Waals surface area contributed by atoms with Crippen molar-refractivity contribution in [3.8, 4) is 0 Å². The predicted molar refractivity (Wildman–Crippen MR) is 43.3 cm³/mol. The van der Waals surface area contributed by atoms with Crippen LogP contribution in [0.15, 0.2) is 17.7 Å². The summed E-state index contributed by atoms with van der Waals surface area (Å²) in [4.78, 5) is 0. The summed E-state index contributed by atoms with van der Waals surface area (Å²) in [5, 5.41) is 0. The first kappa shape index (κ1) is 5.32. The molecule has 1 heteroatoms. The van der Waals surface area contributed by atoms with Crippen molar-refractivity contribution >= 4 is 14.3 Å². The van der Waals surface area contributed by atoms with E-state index in [-0.39, 0.29) is 0 Å². The fraction of sp³-hybridized carbons (Fsp3) is 0.250. The Kier molecular flexibility index (Phi) is 1.20. The van der Waals surface area contributed by atoms with Crippen LogP contribution in [0.25, 0.3) is 6.08 Å². The molecule has 0 N–H and O–H groups in total. The highest BCUT2D eigenvalue weighted by atomic mass is 31.0. The Morgan fingerprint density at radius 1 is 1.33 bits per heavy atom. The number of allylic oxidation sites excluding steroid dienone is 1. The van der Waals surface area contributed by atoms with Gasteiger partial charge >= 0.3 is 0 Å². The van der Waals surface area contributed by atoms with E-state index in [4.69, 9.17) is 0 Å². The molecule has 0 saturated heterocycles. The maximum Gasteiger partial charge on any atom is -0.0187 e. The minimum Gasteiger partial charge on any atom is -0.139 e. The van der Waals surface area contributed by atoms with Crippen molar-refractivity contribution in [2.24, 2.45) is 0 Å². The van der Waals surface area contributed by atoms with Crippen LogP contribution in [0.1, 0.15) is 17.5 Å². The molecule has 9 heavy (non-hydrogen) atoms. The van der Waals surface area contributed by atoms with Crippen LogP contribution in [-0.2, 0) is 6.42 Å². The lowest BCUT2D eigenvalue weighted by Gasteiger charge is -2.02. The van der Waals surface area contributed by atoms with Crippen LogP contribution in [0.4, 0.5) is 0 Å². The molecule has 0 aliphatic heterocycles. The third kappa shape index (κ3) is 0.840. The van der Waals surface area contributed by atoms with Gasteiger partial charge in [0.2, 0.25) is 0 Å². The molecule has 1 heterocycles. The van der Waals surface area contributed by atoms with E-state index in [9.17, 15) is 0 Å². The normalized spacial score (nSPS) is 16.4. The molecule has 0 amide bonds. The van der Waals surface area contributed by atoms with Crippen LogP contribution in [0.3, 0.4) is 0 Å². The first-order valence-corrected chi connectivity index (χ1v) is 4.44. The molecule has 0 fully saturated rings. The second-order valence-corrected chi connectivity index (χ2v) is 3.29. The van der Waals surface area contributed by atoms with Gasteiger partial charge in [0.25, 0.3) is 0 Å². The zero-order valence-electron chi connectivity index (χ0n) is 5.22. The fourth-order valence-electron chi connectivity index (χ4n) is 1.23. The number of rotatable bonds is 0. The summed E-state index contributed by atoms with van der Waals surface area (Å²) in [6.45, 7) is 0. The smallest absolute Gasteiger partial charge is 0.0187 e. The Hall–Kier alpha value is -0.480. The first-order valence-electron chi connectivity index (χ1n) is 3.29. The van der Waals surface area contributed by atoms with Gasteiger partial charge in [-0.15, -0.1) is 8.19 Å². The highest BCUT2D eigenvalue weighted by Crippen LogP contribution is 2.24. The monoisotopic (exact) mass is 136 g/mol. The second-order valence-electron chi connectivity index (χ2n) is 2.38. The van der Waals surface area contributed by atoms with Gasteiger partial charge in [0.1, 0.15) is 0 Å². The number of fused-ring (bicyclic) bond motifs is 1. The van der Waals surface area contributed by atoms with Gasteiger partial charge in [-0.25, -0.2) is 0 Å². The van der Waals surface area contributed by atoms with E-state index in [1.165, 1.54) is 18.4 Å². The Morgan fingerprint density at radius 3 is 3.22 bits per heavy atom. The Bertz CT molecular complexity index is 232. The summed E-state index contributed by atoms with van der Waals surface area (Å²) in [7, 11) is 0.948. The van der Waals surface area contributed by atoms with E-state index in [2.05, 4.69) is 23.7 Å². The predicted octanol–water partition coefficient (Wildman–Crippen LogP) is 2.68. The molecule has 1 atom stereocenters. The van der Waals surface area contributed by atoms with Gasteiger partial charge in [0.05, 0.1) is 0 Å². The van der Waals surface area contributed by atoms with Crippen LogP contribution >= 0.6 is 8.19 Å². The van der Waals surface area contributed by atoms with Gasteiger partial charge < -0.3 is 0 Å². The summed E-state index contributed by atoms with van der Waals surface area (Å²) in [6.07, 6.45) is 7.03. The molecule has 1 aromatic rings. The highest BCUT2D eigenvalue weighted by molar-refractivity contribution is 7.28. The molecule has 1 aliphatic carbocycles. The van der Waals surface area contributed by atoms with E-state index in [1.807, 2.05) is 0 Å². The van der Waals surface area contributed by atoms with Crippen molar-refractivity contribution < 1.29 is 0 Å². The van der Waals surface area contributed by atoms with E-state index in [0.717, 1.165) is 8.19 Å². The summed E-state index contributed by atoms with van der Waals surface area (Å²) in [5.74, 6) is 4.68. The molecule has 2 rings (SSSR count). The Morgan fingerprint density at radius 2 is 2.33 bits per heavy atom. The van der Waals surface area contributed by atoms with Gasteiger partial charge in [-0.2, -0.15) is 0 Å². The molecule has 0 bridgehead atoms. The fourth-order valence-corrected chi connectivity index (χ4v) is 2.29. The Labute approximate surface area is 56.7 Å². The number of hydrogen-bond acceptors (Lipinski definition) is 0. The average molecular weight is 136 g/mol. The minimum absolute atomic E-state index is 0.948. The molecule has 1 unspecified atom stereocenters. The third-order valence-corrected chi connectivity index (χ3v) is 2.74. The van der Waals surface area contributed by atoms with Crippen molar-refractivity contribution in [1.82, 2.24) is 0 Å². The van der Waals surface area contributed by atoms with E-state index >= 15 is 0 Å². The van der Waals surface area contributed by atoms with Gasteiger partial charge in [0, 0.05) is 0 Å². The molecule has 1 aliphatic rings. The van der Waals surface area contributed by atoms with Crippen LogP contribution in [0, 0.1) is 0 Å². The largest absolute Gasteiger partial charge is 0.139 e. The van der Waals surface area contributed by atoms with Crippen LogP contribution < -0.4 is 0 Å². The highest BCUT2D eigenvalue weighted by Gasteiger charge is 2.01. The summed E-state index contributed by atoms with van der Waals surface area (Å²) in [6, 6.07) is 0. The van der Waals surface area contributed by atoms with Gasteiger partial charge in [-0.05, 0) is 35.6 Å². The van der Waals surface area contributed by atoms with Crippen LogP contribution in [0.2, 0.25) is 0 Å². The minimum atomic E-state index is 0.948. The third-order valence-electron chi connectivity index (χ3n) is 1.74. The standard InChI is InChI=1S/C8H9P/c1-2-4-8-6-9-5-7(8)3-1/h1,3,5-6,9H,2,4H2. The molecule has 46 valence electrons. The average Bonchev–Trinajstić information content (AvgIpc) is 2.33. The summed E-state index contributed by atoms with van der Waals surface area (Å²) >= 11 is 0.